The molecule has 1 aliphatic heterocycles. The molecule has 0 radical (unpaired) electrons. The zero-order chi connectivity index (χ0) is 13.8. The van der Waals surface area contributed by atoms with Crippen LogP contribution >= 0.6 is 11.6 Å². The van der Waals surface area contributed by atoms with Gasteiger partial charge in [-0.1, -0.05) is 0 Å². The van der Waals surface area contributed by atoms with E-state index in [2.05, 4.69) is 4.98 Å². The summed E-state index contributed by atoms with van der Waals surface area (Å²) in [5.74, 6) is 0.177. The fourth-order valence-electron chi connectivity index (χ4n) is 2.46. The Bertz CT molecular complexity index is 473. The number of rotatable bonds is 4. The summed E-state index contributed by atoms with van der Waals surface area (Å²) in [6, 6.07) is 2.92. The number of H-pyrrole nitrogens is 1. The van der Waals surface area contributed by atoms with E-state index < -0.39 is 4.92 Å². The number of likely N-dealkylation sites (tertiary alicyclic amines) is 1. The summed E-state index contributed by atoms with van der Waals surface area (Å²) in [5, 5.41) is 10.6. The van der Waals surface area contributed by atoms with Crippen LogP contribution in [0.2, 0.25) is 0 Å². The van der Waals surface area contributed by atoms with Gasteiger partial charge in [0.25, 0.3) is 5.91 Å². The summed E-state index contributed by atoms with van der Waals surface area (Å²) in [4.78, 5) is 26.8. The number of carbonyl (C=O) groups excluding carboxylic acids is 1. The Hall–Kier alpha value is -1.56. The van der Waals surface area contributed by atoms with Crippen LogP contribution in [-0.2, 0) is 0 Å². The largest absolute Gasteiger partial charge is 0.358 e. The maximum absolute atomic E-state index is 12.3. The molecule has 0 aliphatic carbocycles. The van der Waals surface area contributed by atoms with Crippen molar-refractivity contribution in [3.8, 4) is 0 Å². The van der Waals surface area contributed by atoms with Gasteiger partial charge in [0, 0.05) is 24.5 Å². The predicted octanol–water partition coefficient (Wildman–Crippen LogP) is 2.55. The molecule has 0 aromatic carbocycles. The van der Waals surface area contributed by atoms with Crippen LogP contribution in [0.25, 0.3) is 0 Å². The number of hydrogen-bond acceptors (Lipinski definition) is 3. The molecule has 1 amide bonds. The van der Waals surface area contributed by atoms with Crippen molar-refractivity contribution in [2.75, 3.05) is 12.4 Å². The third kappa shape index (κ3) is 3.07. The number of nitrogens with one attached hydrogen (secondary N) is 1. The predicted molar refractivity (Wildman–Crippen MR) is 71.5 cm³/mol. The van der Waals surface area contributed by atoms with Gasteiger partial charge in [0.05, 0.1) is 0 Å². The Balaban J connectivity index is 2.13. The molecule has 1 aromatic heterocycles. The Morgan fingerprint density at radius 3 is 2.95 bits per heavy atom. The molecular formula is C12H16ClN3O3. The van der Waals surface area contributed by atoms with E-state index in [1.807, 2.05) is 0 Å². The lowest BCUT2D eigenvalue weighted by molar-refractivity contribution is -0.389. The van der Waals surface area contributed by atoms with Crippen LogP contribution < -0.4 is 0 Å². The van der Waals surface area contributed by atoms with Crippen molar-refractivity contribution in [2.45, 2.75) is 31.7 Å². The number of carbonyl (C=O) groups is 1. The number of halogens is 1. The Kier molecular flexibility index (Phi) is 4.42. The molecule has 0 spiro atoms. The van der Waals surface area contributed by atoms with Gasteiger partial charge in [0.15, 0.2) is 5.69 Å². The van der Waals surface area contributed by atoms with Crippen molar-refractivity contribution in [3.63, 3.8) is 0 Å². The van der Waals surface area contributed by atoms with Crippen molar-refractivity contribution in [2.24, 2.45) is 0 Å². The number of aromatic amines is 1. The van der Waals surface area contributed by atoms with E-state index in [-0.39, 0.29) is 23.5 Å². The first-order valence-corrected chi connectivity index (χ1v) is 6.87. The molecule has 0 bridgehead atoms. The van der Waals surface area contributed by atoms with Crippen LogP contribution in [0.5, 0.6) is 0 Å². The quantitative estimate of drug-likeness (QED) is 0.524. The zero-order valence-corrected chi connectivity index (χ0v) is 11.2. The smallest absolute Gasteiger partial charge is 0.321 e. The minimum atomic E-state index is -0.538. The summed E-state index contributed by atoms with van der Waals surface area (Å²) in [7, 11) is 0. The molecule has 1 aliphatic rings. The third-order valence-corrected chi connectivity index (χ3v) is 3.65. The maximum atomic E-state index is 12.3. The van der Waals surface area contributed by atoms with Crippen LogP contribution in [0, 0.1) is 10.1 Å². The molecule has 1 atom stereocenters. The lowest BCUT2D eigenvalue weighted by atomic mass is 9.99. The third-order valence-electron chi connectivity index (χ3n) is 3.43. The molecule has 1 N–H and O–H groups in total. The summed E-state index contributed by atoms with van der Waals surface area (Å²) in [6.45, 7) is 0.688. The summed E-state index contributed by atoms with van der Waals surface area (Å²) in [6.07, 6.45) is 3.76. The van der Waals surface area contributed by atoms with E-state index in [1.165, 1.54) is 12.1 Å². The molecule has 2 rings (SSSR count). The number of nitro groups is 1. The first-order chi connectivity index (χ1) is 9.13. The Labute approximate surface area is 115 Å². The fourth-order valence-corrected chi connectivity index (χ4v) is 2.72. The number of aromatic nitrogens is 1. The maximum Gasteiger partial charge on any atom is 0.321 e. The van der Waals surface area contributed by atoms with E-state index >= 15 is 0 Å². The number of nitrogens with zero attached hydrogens (tertiary/aromatic N) is 2. The van der Waals surface area contributed by atoms with E-state index in [9.17, 15) is 14.9 Å². The molecule has 1 saturated heterocycles. The molecule has 2 heterocycles. The summed E-state index contributed by atoms with van der Waals surface area (Å²) < 4.78 is 0. The lowest BCUT2D eigenvalue weighted by Gasteiger charge is -2.34. The monoisotopic (exact) mass is 285 g/mol. The zero-order valence-electron chi connectivity index (χ0n) is 10.5. The first kappa shape index (κ1) is 13.9. The van der Waals surface area contributed by atoms with Gasteiger partial charge in [0.1, 0.15) is 0 Å². The van der Waals surface area contributed by atoms with Gasteiger partial charge in [-0.05, 0) is 36.7 Å². The average molecular weight is 286 g/mol. The van der Waals surface area contributed by atoms with Gasteiger partial charge < -0.3 is 15.0 Å². The molecule has 1 unspecified atom stereocenters. The van der Waals surface area contributed by atoms with Gasteiger partial charge in [-0.2, -0.15) is 0 Å². The molecule has 19 heavy (non-hydrogen) atoms. The van der Waals surface area contributed by atoms with Crippen LogP contribution in [0.3, 0.4) is 0 Å². The highest BCUT2D eigenvalue weighted by Crippen LogP contribution is 2.23. The average Bonchev–Trinajstić information content (AvgIpc) is 2.89. The molecule has 7 heteroatoms. The van der Waals surface area contributed by atoms with Crippen molar-refractivity contribution in [1.29, 1.82) is 0 Å². The van der Waals surface area contributed by atoms with Gasteiger partial charge in [-0.15, -0.1) is 11.6 Å². The van der Waals surface area contributed by atoms with Gasteiger partial charge >= 0.3 is 5.82 Å². The van der Waals surface area contributed by atoms with E-state index in [4.69, 9.17) is 11.6 Å². The number of hydrogen-bond donors (Lipinski definition) is 1. The molecule has 6 nitrogen and oxygen atoms in total. The molecule has 1 aromatic rings. The highest BCUT2D eigenvalue weighted by Gasteiger charge is 2.29. The van der Waals surface area contributed by atoms with Crippen LogP contribution in [0.4, 0.5) is 5.82 Å². The van der Waals surface area contributed by atoms with Crippen LogP contribution in [0.1, 0.15) is 36.2 Å². The van der Waals surface area contributed by atoms with Crippen LogP contribution in [-0.4, -0.2) is 39.2 Å². The highest BCUT2D eigenvalue weighted by molar-refractivity contribution is 6.17. The Morgan fingerprint density at radius 1 is 1.53 bits per heavy atom. The van der Waals surface area contributed by atoms with Gasteiger partial charge in [-0.3, -0.25) is 4.79 Å². The van der Waals surface area contributed by atoms with Crippen LogP contribution in [0.15, 0.2) is 12.1 Å². The molecular weight excluding hydrogens is 270 g/mol. The SMILES string of the molecule is O=C(c1ccc([N+](=O)[O-])[nH]1)N1CCCCC1CCCl. The highest BCUT2D eigenvalue weighted by atomic mass is 35.5. The first-order valence-electron chi connectivity index (χ1n) is 6.34. The summed E-state index contributed by atoms with van der Waals surface area (Å²) >= 11 is 5.76. The lowest BCUT2D eigenvalue weighted by Crippen LogP contribution is -2.44. The second-order valence-electron chi connectivity index (χ2n) is 4.64. The van der Waals surface area contributed by atoms with Gasteiger partial charge in [0.2, 0.25) is 0 Å². The van der Waals surface area contributed by atoms with E-state index in [0.29, 0.717) is 12.4 Å². The summed E-state index contributed by atoms with van der Waals surface area (Å²) in [5.41, 5.74) is 0.271. The van der Waals surface area contributed by atoms with E-state index in [0.717, 1.165) is 25.7 Å². The molecule has 0 saturated carbocycles. The second-order valence-corrected chi connectivity index (χ2v) is 5.02. The molecule has 1 fully saturated rings. The Morgan fingerprint density at radius 2 is 2.32 bits per heavy atom. The fraction of sp³-hybridized carbons (Fsp3) is 0.583. The molecule has 104 valence electrons. The van der Waals surface area contributed by atoms with Crippen molar-refractivity contribution in [3.05, 3.63) is 27.9 Å². The minimum Gasteiger partial charge on any atom is -0.358 e. The van der Waals surface area contributed by atoms with Gasteiger partial charge in [-0.25, -0.2) is 4.98 Å². The topological polar surface area (TPSA) is 79.2 Å². The van der Waals surface area contributed by atoms with Crippen molar-refractivity contribution >= 4 is 23.3 Å². The second kappa shape index (κ2) is 6.06. The van der Waals surface area contributed by atoms with Crippen molar-refractivity contribution in [1.82, 2.24) is 9.88 Å². The number of alkyl halides is 1. The number of piperidine rings is 1. The normalized spacial score (nSPS) is 19.4. The number of amides is 1. The minimum absolute atomic E-state index is 0.140. The van der Waals surface area contributed by atoms with E-state index in [1.54, 1.807) is 4.90 Å². The standard InChI is InChI=1S/C12H16ClN3O3/c13-7-6-9-3-1-2-8-15(9)12(17)10-4-5-11(14-10)16(18)19/h4-5,9,14H,1-3,6-8H2. The van der Waals surface area contributed by atoms with Crippen molar-refractivity contribution < 1.29 is 9.72 Å².